The Labute approximate surface area is 242 Å². The molecule has 3 nitrogen and oxygen atoms in total. The van der Waals surface area contributed by atoms with E-state index in [1.54, 1.807) is 0 Å². The van der Waals surface area contributed by atoms with Gasteiger partial charge in [0.1, 0.15) is 11.5 Å². The molecular weight excluding hydrogens is 492 g/mol. The van der Waals surface area contributed by atoms with Crippen LogP contribution < -0.4 is 57.6 Å². The molecule has 0 bridgehead atoms. The van der Waals surface area contributed by atoms with Gasteiger partial charge >= 0.3 is 37.7 Å². The maximum Gasteiger partial charge on any atom is 1.00 e. The second-order valence-corrected chi connectivity index (χ2v) is 14.7. The summed E-state index contributed by atoms with van der Waals surface area (Å²) in [6, 6.07) is 27.3. The van der Waals surface area contributed by atoms with Crippen LogP contribution in [-0.2, 0) is 17.1 Å². The van der Waals surface area contributed by atoms with Gasteiger partial charge in [-0.2, -0.15) is 23.4 Å². The summed E-state index contributed by atoms with van der Waals surface area (Å²) in [6.07, 6.45) is 3.41. The van der Waals surface area contributed by atoms with Crippen LogP contribution in [0.4, 0.5) is 0 Å². The molecule has 1 heterocycles. The molecule has 4 rings (SSSR count). The summed E-state index contributed by atoms with van der Waals surface area (Å²) in [5.41, 5.74) is 3.27. The van der Waals surface area contributed by atoms with Crippen LogP contribution in [0, 0.1) is 17.9 Å². The average Bonchev–Trinajstić information content (AvgIpc) is 3.29. The number of hydrogen-bond acceptors (Lipinski definition) is 3. The number of hydrogen-bond donors (Lipinski definition) is 0. The Morgan fingerprint density at radius 3 is 1.91 bits per heavy atom. The van der Waals surface area contributed by atoms with E-state index in [4.69, 9.17) is 21.3 Å². The summed E-state index contributed by atoms with van der Waals surface area (Å²) in [4.78, 5) is 0. The molecule has 0 spiro atoms. The van der Waals surface area contributed by atoms with Crippen molar-refractivity contribution in [2.45, 2.75) is 26.2 Å². The predicted octanol–water partition coefficient (Wildman–Crippen LogP) is -0.973. The Morgan fingerprint density at radius 1 is 0.853 bits per heavy atom. The fourth-order valence-corrected chi connectivity index (χ4v) is 5.58. The van der Waals surface area contributed by atoms with Crippen molar-refractivity contribution >= 4 is 27.2 Å². The SMILES string of the molecule is C[Si](C)(C=[C-]c1ccc2c(c1)OCO2)c1ccccc1.C[Si](C)c1ccccc1.[C-]#N.[Cu].[Li+].[Li+]. The van der Waals surface area contributed by atoms with E-state index in [9.17, 15) is 0 Å². The van der Waals surface area contributed by atoms with Gasteiger partial charge in [-0.1, -0.05) is 103 Å². The standard InChI is InChI=1S/C17H17O2Si.C8H11Si.CN.Cu.2Li/c1-20(2,15-6-4-3-5-7-15)11-10-14-8-9-16-17(12-14)19-13-18-16;1-9(2)8-6-4-3-5-7-8;1-2;;;/h3-9,11-12H,13H2,1-2H3;3-7H,1-2H3;;;;/q-1;;-1;;2*+1. The Kier molecular flexibility index (Phi) is 18.4. The third-order valence-electron chi connectivity index (χ3n) is 4.84. The molecule has 8 heteroatoms. The molecule has 0 fully saturated rings. The molecule has 1 aliphatic heterocycles. The molecule has 0 amide bonds. The van der Waals surface area contributed by atoms with Gasteiger partial charge in [0.25, 0.3) is 0 Å². The normalized spacial score (nSPS) is 10.9. The molecule has 0 unspecified atom stereocenters. The van der Waals surface area contributed by atoms with E-state index in [2.05, 4.69) is 98.6 Å². The zero-order chi connectivity index (χ0) is 22.7. The molecule has 170 valence electrons. The molecule has 3 aromatic carbocycles. The van der Waals surface area contributed by atoms with Crippen LogP contribution in [0.3, 0.4) is 0 Å². The molecule has 1 aliphatic rings. The molecule has 0 aromatic heterocycles. The van der Waals surface area contributed by atoms with Crippen molar-refractivity contribution in [1.82, 2.24) is 0 Å². The first-order chi connectivity index (χ1) is 15.0. The third-order valence-corrected chi connectivity index (χ3v) is 9.02. The Balaban J connectivity index is 0. The number of ether oxygens (including phenoxy) is 2. The van der Waals surface area contributed by atoms with Gasteiger partial charge in [0.15, 0.2) is 0 Å². The molecule has 0 saturated heterocycles. The van der Waals surface area contributed by atoms with Gasteiger partial charge in [-0.3, -0.25) is 0 Å². The summed E-state index contributed by atoms with van der Waals surface area (Å²) >= 11 is 0. The van der Waals surface area contributed by atoms with Crippen molar-refractivity contribution in [2.24, 2.45) is 0 Å². The smallest absolute Gasteiger partial charge is 0.512 e. The molecular formula is C26H28CuLi2NO2Si2. The monoisotopic (exact) mass is 519 g/mol. The molecule has 3 aromatic rings. The van der Waals surface area contributed by atoms with Gasteiger partial charge in [-0.15, -0.1) is 6.07 Å². The zero-order valence-corrected chi connectivity index (χ0v) is 23.8. The average molecular weight is 520 g/mol. The summed E-state index contributed by atoms with van der Waals surface area (Å²) < 4.78 is 10.7. The minimum absolute atomic E-state index is 0. The van der Waals surface area contributed by atoms with Crippen LogP contribution in [0.15, 0.2) is 84.6 Å². The van der Waals surface area contributed by atoms with E-state index in [1.807, 2.05) is 18.2 Å². The zero-order valence-electron chi connectivity index (χ0n) is 20.9. The van der Waals surface area contributed by atoms with Gasteiger partial charge < -0.3 is 21.3 Å². The topological polar surface area (TPSA) is 42.2 Å². The molecule has 0 N–H and O–H groups in total. The van der Waals surface area contributed by atoms with Crippen LogP contribution in [0.25, 0.3) is 0 Å². The van der Waals surface area contributed by atoms with Crippen molar-refractivity contribution in [3.05, 3.63) is 103 Å². The number of fused-ring (bicyclic) bond motifs is 1. The summed E-state index contributed by atoms with van der Waals surface area (Å²) in [7, 11) is -1.81. The van der Waals surface area contributed by atoms with E-state index >= 15 is 0 Å². The van der Waals surface area contributed by atoms with Crippen molar-refractivity contribution in [3.63, 3.8) is 0 Å². The number of nitrogens with zero attached hydrogens (tertiary/aromatic N) is 1. The van der Waals surface area contributed by atoms with E-state index < -0.39 is 8.07 Å². The summed E-state index contributed by atoms with van der Waals surface area (Å²) in [5, 5.41) is 9.18. The van der Waals surface area contributed by atoms with E-state index in [0.29, 0.717) is 6.79 Å². The maximum atomic E-state index is 6.25. The first-order valence-corrected chi connectivity index (χ1v) is 15.7. The fraction of sp³-hybridized carbons (Fsp3) is 0.192. The Morgan fingerprint density at radius 2 is 1.38 bits per heavy atom. The summed E-state index contributed by atoms with van der Waals surface area (Å²) in [5.74, 6) is 1.62. The van der Waals surface area contributed by atoms with E-state index in [-0.39, 0.29) is 63.6 Å². The van der Waals surface area contributed by atoms with E-state index in [1.165, 1.54) is 10.4 Å². The molecule has 2 radical (unpaired) electrons. The Hall–Kier alpha value is -1.36. The van der Waals surface area contributed by atoms with Crippen molar-refractivity contribution in [2.75, 3.05) is 6.79 Å². The van der Waals surface area contributed by atoms with Crippen LogP contribution in [0.1, 0.15) is 5.56 Å². The molecule has 0 aliphatic carbocycles. The van der Waals surface area contributed by atoms with Gasteiger partial charge in [0.05, 0.1) is 16.9 Å². The van der Waals surface area contributed by atoms with Gasteiger partial charge in [-0.05, 0) is 0 Å². The van der Waals surface area contributed by atoms with Gasteiger partial charge in [-0.25, -0.2) is 0 Å². The van der Waals surface area contributed by atoms with Crippen LogP contribution in [0.5, 0.6) is 11.5 Å². The van der Waals surface area contributed by atoms with Gasteiger partial charge in [0.2, 0.25) is 6.79 Å². The Bertz CT molecular complexity index is 1000. The van der Waals surface area contributed by atoms with E-state index in [0.717, 1.165) is 17.1 Å². The first kappa shape index (κ1) is 34.8. The van der Waals surface area contributed by atoms with Crippen molar-refractivity contribution < 1.29 is 64.3 Å². The first-order valence-electron chi connectivity index (χ1n) is 10.1. The van der Waals surface area contributed by atoms with Crippen LogP contribution in [-0.4, -0.2) is 23.7 Å². The third kappa shape index (κ3) is 10.9. The second-order valence-electron chi connectivity index (χ2n) is 7.81. The predicted molar refractivity (Wildman–Crippen MR) is 132 cm³/mol. The van der Waals surface area contributed by atoms with Crippen LogP contribution in [0.2, 0.25) is 26.2 Å². The minimum Gasteiger partial charge on any atom is -0.512 e. The summed E-state index contributed by atoms with van der Waals surface area (Å²) in [6.45, 7) is 14.3. The largest absolute Gasteiger partial charge is 1.00 e. The molecule has 34 heavy (non-hydrogen) atoms. The minimum atomic E-state index is -1.60. The number of benzene rings is 3. The number of rotatable bonds is 4. The van der Waals surface area contributed by atoms with Crippen LogP contribution >= 0.6 is 0 Å². The second kappa shape index (κ2) is 18.0. The maximum absolute atomic E-state index is 6.25. The quantitative estimate of drug-likeness (QED) is 0.329. The molecule has 0 atom stereocenters. The van der Waals surface area contributed by atoms with Gasteiger partial charge in [0, 0.05) is 17.1 Å². The van der Waals surface area contributed by atoms with Crippen molar-refractivity contribution in [1.29, 1.82) is 5.26 Å². The molecule has 0 saturated carbocycles. The van der Waals surface area contributed by atoms with Crippen molar-refractivity contribution in [3.8, 4) is 11.5 Å². The fourth-order valence-electron chi connectivity index (χ4n) is 2.97.